The zero-order chi connectivity index (χ0) is 19.3. The van der Waals surface area contributed by atoms with E-state index in [1.807, 2.05) is 54.6 Å². The quantitative estimate of drug-likeness (QED) is 0.577. The van der Waals surface area contributed by atoms with Crippen molar-refractivity contribution < 1.29 is 14.3 Å². The summed E-state index contributed by atoms with van der Waals surface area (Å²) < 4.78 is 12.1. The Labute approximate surface area is 168 Å². The van der Waals surface area contributed by atoms with Gasteiger partial charge in [-0.15, -0.1) is 0 Å². The molecule has 2 heterocycles. The Hall–Kier alpha value is -2.70. The summed E-state index contributed by atoms with van der Waals surface area (Å²) in [6, 6.07) is 15.6. The second-order valence-corrected chi connectivity index (χ2v) is 7.67. The SMILES string of the molecule is COc1ccc2sc(N(CC3CCCO3)C(=O)/C=C/c3ccccc3)nc2c1. The van der Waals surface area contributed by atoms with Crippen LogP contribution in [-0.4, -0.2) is 37.3 Å². The van der Waals surface area contributed by atoms with Gasteiger partial charge in [0.25, 0.3) is 5.91 Å². The molecule has 3 aromatic rings. The predicted molar refractivity (Wildman–Crippen MR) is 113 cm³/mol. The van der Waals surface area contributed by atoms with Crippen LogP contribution in [0.1, 0.15) is 18.4 Å². The first-order valence-electron chi connectivity index (χ1n) is 9.34. The molecule has 1 aliphatic heterocycles. The number of hydrogen-bond acceptors (Lipinski definition) is 5. The van der Waals surface area contributed by atoms with Crippen LogP contribution in [0.5, 0.6) is 5.75 Å². The van der Waals surface area contributed by atoms with E-state index in [4.69, 9.17) is 14.5 Å². The highest BCUT2D eigenvalue weighted by Gasteiger charge is 2.25. The van der Waals surface area contributed by atoms with Gasteiger partial charge in [0, 0.05) is 18.7 Å². The Morgan fingerprint density at radius 3 is 2.93 bits per heavy atom. The second kappa shape index (κ2) is 8.54. The third kappa shape index (κ3) is 4.24. The van der Waals surface area contributed by atoms with E-state index in [1.54, 1.807) is 18.1 Å². The summed E-state index contributed by atoms with van der Waals surface area (Å²) in [6.07, 6.45) is 5.49. The Morgan fingerprint density at radius 1 is 1.32 bits per heavy atom. The van der Waals surface area contributed by atoms with Crippen LogP contribution in [-0.2, 0) is 9.53 Å². The van der Waals surface area contributed by atoms with Crippen molar-refractivity contribution in [2.45, 2.75) is 18.9 Å². The number of methoxy groups -OCH3 is 1. The molecule has 2 aromatic carbocycles. The first kappa shape index (κ1) is 18.7. The average molecular weight is 394 g/mol. The summed E-state index contributed by atoms with van der Waals surface area (Å²) in [5.41, 5.74) is 1.82. The number of fused-ring (bicyclic) bond motifs is 1. The number of ether oxygens (including phenoxy) is 2. The average Bonchev–Trinajstić information content (AvgIpc) is 3.39. The van der Waals surface area contributed by atoms with Crippen molar-refractivity contribution in [2.24, 2.45) is 0 Å². The smallest absolute Gasteiger partial charge is 0.252 e. The van der Waals surface area contributed by atoms with E-state index >= 15 is 0 Å². The lowest BCUT2D eigenvalue weighted by Gasteiger charge is -2.21. The van der Waals surface area contributed by atoms with Crippen LogP contribution in [0.15, 0.2) is 54.6 Å². The van der Waals surface area contributed by atoms with Gasteiger partial charge in [-0.05, 0) is 36.6 Å². The normalized spacial score (nSPS) is 16.7. The summed E-state index contributed by atoms with van der Waals surface area (Å²) in [5, 5.41) is 0.682. The fourth-order valence-corrected chi connectivity index (χ4v) is 4.17. The summed E-state index contributed by atoms with van der Waals surface area (Å²) in [6.45, 7) is 1.26. The molecule has 0 aliphatic carbocycles. The van der Waals surface area contributed by atoms with Crippen molar-refractivity contribution in [1.82, 2.24) is 4.98 Å². The maximum absolute atomic E-state index is 13.0. The van der Waals surface area contributed by atoms with Gasteiger partial charge in [-0.1, -0.05) is 41.7 Å². The maximum Gasteiger partial charge on any atom is 0.252 e. The third-order valence-corrected chi connectivity index (χ3v) is 5.77. The number of amides is 1. The number of aromatic nitrogens is 1. The van der Waals surface area contributed by atoms with Gasteiger partial charge in [0.2, 0.25) is 0 Å². The summed E-state index contributed by atoms with van der Waals surface area (Å²) in [5.74, 6) is 0.663. The number of carbonyl (C=O) groups excluding carboxylic acids is 1. The molecule has 1 aromatic heterocycles. The van der Waals surface area contributed by atoms with E-state index in [2.05, 4.69) is 0 Å². The Kier molecular flexibility index (Phi) is 5.69. The number of rotatable bonds is 6. The zero-order valence-electron chi connectivity index (χ0n) is 15.7. The van der Waals surface area contributed by atoms with E-state index in [0.717, 1.165) is 41.0 Å². The molecule has 1 aliphatic rings. The molecular formula is C22H22N2O3S. The highest BCUT2D eigenvalue weighted by Crippen LogP contribution is 2.32. The predicted octanol–water partition coefficient (Wildman–Crippen LogP) is 4.53. The fourth-order valence-electron chi connectivity index (χ4n) is 3.21. The minimum Gasteiger partial charge on any atom is -0.497 e. The van der Waals surface area contributed by atoms with E-state index in [1.165, 1.54) is 11.3 Å². The zero-order valence-corrected chi connectivity index (χ0v) is 16.5. The molecule has 1 fully saturated rings. The molecule has 144 valence electrons. The van der Waals surface area contributed by atoms with Gasteiger partial charge in [0.1, 0.15) is 5.75 Å². The van der Waals surface area contributed by atoms with E-state index in [0.29, 0.717) is 11.7 Å². The molecule has 1 unspecified atom stereocenters. The largest absolute Gasteiger partial charge is 0.497 e. The summed E-state index contributed by atoms with van der Waals surface area (Å²) >= 11 is 1.51. The minimum atomic E-state index is -0.0922. The fraction of sp³-hybridized carbons (Fsp3) is 0.273. The highest BCUT2D eigenvalue weighted by molar-refractivity contribution is 7.22. The number of carbonyl (C=O) groups is 1. The van der Waals surface area contributed by atoms with Crippen LogP contribution in [0, 0.1) is 0 Å². The first-order valence-corrected chi connectivity index (χ1v) is 10.2. The maximum atomic E-state index is 13.0. The second-order valence-electron chi connectivity index (χ2n) is 6.66. The molecule has 0 saturated carbocycles. The summed E-state index contributed by atoms with van der Waals surface area (Å²) in [7, 11) is 1.64. The lowest BCUT2D eigenvalue weighted by atomic mass is 10.2. The van der Waals surface area contributed by atoms with Crippen molar-refractivity contribution in [3.63, 3.8) is 0 Å². The molecular weight excluding hydrogens is 372 g/mol. The number of nitrogens with zero attached hydrogens (tertiary/aromatic N) is 2. The molecule has 0 radical (unpaired) electrons. The van der Waals surface area contributed by atoms with Crippen LogP contribution in [0.25, 0.3) is 16.3 Å². The summed E-state index contributed by atoms with van der Waals surface area (Å²) in [4.78, 5) is 19.5. The highest BCUT2D eigenvalue weighted by atomic mass is 32.1. The van der Waals surface area contributed by atoms with Crippen LogP contribution < -0.4 is 9.64 Å². The lowest BCUT2D eigenvalue weighted by molar-refractivity contribution is -0.114. The molecule has 28 heavy (non-hydrogen) atoms. The van der Waals surface area contributed by atoms with Crippen molar-refractivity contribution in [3.8, 4) is 5.75 Å². The number of hydrogen-bond donors (Lipinski definition) is 0. The standard InChI is InChI=1S/C22H22N2O3S/c1-26-17-10-11-20-19(14-17)23-22(28-20)24(15-18-8-5-13-27-18)21(25)12-9-16-6-3-2-4-7-16/h2-4,6-7,9-12,14,18H,5,8,13,15H2,1H3/b12-9+. The Balaban J connectivity index is 1.62. The van der Waals surface area contributed by atoms with Crippen molar-refractivity contribution in [2.75, 3.05) is 25.2 Å². The molecule has 1 saturated heterocycles. The molecule has 4 rings (SSSR count). The molecule has 0 spiro atoms. The van der Waals surface area contributed by atoms with Crippen molar-refractivity contribution in [3.05, 3.63) is 60.2 Å². The third-order valence-electron chi connectivity index (χ3n) is 4.71. The molecule has 0 bridgehead atoms. The Morgan fingerprint density at radius 2 is 2.18 bits per heavy atom. The van der Waals surface area contributed by atoms with Gasteiger partial charge in [0.05, 0.1) is 30.0 Å². The Bertz CT molecular complexity index is 978. The molecule has 1 atom stereocenters. The van der Waals surface area contributed by atoms with E-state index in [-0.39, 0.29) is 12.0 Å². The van der Waals surface area contributed by atoms with Crippen LogP contribution in [0.4, 0.5) is 5.13 Å². The van der Waals surface area contributed by atoms with Gasteiger partial charge >= 0.3 is 0 Å². The van der Waals surface area contributed by atoms with Crippen LogP contribution >= 0.6 is 11.3 Å². The van der Waals surface area contributed by atoms with Gasteiger partial charge in [0.15, 0.2) is 5.13 Å². The number of thiazole rings is 1. The van der Waals surface area contributed by atoms with Gasteiger partial charge in [-0.3, -0.25) is 9.69 Å². The van der Waals surface area contributed by atoms with Crippen molar-refractivity contribution >= 4 is 38.7 Å². The van der Waals surface area contributed by atoms with E-state index < -0.39 is 0 Å². The number of anilines is 1. The van der Waals surface area contributed by atoms with Gasteiger partial charge in [-0.25, -0.2) is 4.98 Å². The number of benzene rings is 2. The van der Waals surface area contributed by atoms with Crippen LogP contribution in [0.3, 0.4) is 0 Å². The molecule has 5 nitrogen and oxygen atoms in total. The minimum absolute atomic E-state index is 0.0515. The topological polar surface area (TPSA) is 51.7 Å². The van der Waals surface area contributed by atoms with Crippen molar-refractivity contribution in [1.29, 1.82) is 0 Å². The van der Waals surface area contributed by atoms with Gasteiger partial charge < -0.3 is 9.47 Å². The first-order chi connectivity index (χ1) is 13.7. The monoisotopic (exact) mass is 394 g/mol. The van der Waals surface area contributed by atoms with Gasteiger partial charge in [-0.2, -0.15) is 0 Å². The molecule has 1 amide bonds. The molecule has 0 N–H and O–H groups in total. The van der Waals surface area contributed by atoms with Crippen LogP contribution in [0.2, 0.25) is 0 Å². The lowest BCUT2D eigenvalue weighted by Crippen LogP contribution is -2.36. The van der Waals surface area contributed by atoms with E-state index in [9.17, 15) is 4.79 Å². The molecule has 6 heteroatoms.